The van der Waals surface area contributed by atoms with Crippen molar-refractivity contribution in [2.24, 2.45) is 0 Å². The van der Waals surface area contributed by atoms with E-state index in [1.807, 2.05) is 30.3 Å². The van der Waals surface area contributed by atoms with Crippen LogP contribution in [-0.2, 0) is 0 Å². The molecule has 0 saturated heterocycles. The van der Waals surface area contributed by atoms with Crippen LogP contribution in [0.1, 0.15) is 13.3 Å². The highest BCUT2D eigenvalue weighted by atomic mass is 15.0. The van der Waals surface area contributed by atoms with Gasteiger partial charge < -0.3 is 5.32 Å². The molecule has 0 aliphatic carbocycles. The van der Waals surface area contributed by atoms with Gasteiger partial charge >= 0.3 is 0 Å². The lowest BCUT2D eigenvalue weighted by atomic mass is 10.1. The van der Waals surface area contributed by atoms with Gasteiger partial charge in [0.1, 0.15) is 5.69 Å². The predicted molar refractivity (Wildman–Crippen MR) is 66.2 cm³/mol. The summed E-state index contributed by atoms with van der Waals surface area (Å²) in [7, 11) is 0. The molecule has 0 spiro atoms. The molecule has 0 radical (unpaired) electrons. The molecular weight excluding hydrogens is 198 g/mol. The average Bonchev–Trinajstić information content (AvgIpc) is 2.38. The van der Waals surface area contributed by atoms with E-state index >= 15 is 0 Å². The highest BCUT2D eigenvalue weighted by molar-refractivity contribution is 5.70. The predicted octanol–water partition coefficient (Wildman–Crippen LogP) is 2.97. The van der Waals surface area contributed by atoms with Crippen molar-refractivity contribution in [2.45, 2.75) is 13.3 Å². The van der Waals surface area contributed by atoms with Crippen molar-refractivity contribution in [1.29, 1.82) is 0 Å². The molecule has 16 heavy (non-hydrogen) atoms. The number of aromatic nitrogens is 2. The molecule has 3 heteroatoms. The van der Waals surface area contributed by atoms with Crippen LogP contribution >= 0.6 is 0 Å². The molecular formula is C13H15N3. The molecule has 2 aromatic rings. The van der Waals surface area contributed by atoms with Gasteiger partial charge in [-0.25, -0.2) is 4.98 Å². The summed E-state index contributed by atoms with van der Waals surface area (Å²) in [5, 5.41) is 3.29. The maximum absolute atomic E-state index is 4.38. The second kappa shape index (κ2) is 5.26. The minimum Gasteiger partial charge on any atom is -0.368 e. The van der Waals surface area contributed by atoms with Crippen LogP contribution in [0.2, 0.25) is 0 Å². The van der Waals surface area contributed by atoms with Gasteiger partial charge in [-0.3, -0.25) is 4.98 Å². The van der Waals surface area contributed by atoms with Crippen molar-refractivity contribution >= 4 is 5.82 Å². The molecule has 0 aliphatic heterocycles. The Balaban J connectivity index is 2.33. The summed E-state index contributed by atoms with van der Waals surface area (Å²) in [5.74, 6) is 0.857. The van der Waals surface area contributed by atoms with E-state index in [0.717, 1.165) is 30.0 Å². The maximum Gasteiger partial charge on any atom is 0.152 e. The van der Waals surface area contributed by atoms with Gasteiger partial charge in [0.15, 0.2) is 5.82 Å². The van der Waals surface area contributed by atoms with Gasteiger partial charge in [0.25, 0.3) is 0 Å². The first-order chi connectivity index (χ1) is 7.92. The lowest BCUT2D eigenvalue weighted by Gasteiger charge is -2.08. The van der Waals surface area contributed by atoms with E-state index in [4.69, 9.17) is 0 Å². The number of anilines is 1. The van der Waals surface area contributed by atoms with Crippen LogP contribution in [0.3, 0.4) is 0 Å². The fraction of sp³-hybridized carbons (Fsp3) is 0.231. The minimum absolute atomic E-state index is 0.857. The summed E-state index contributed by atoms with van der Waals surface area (Å²) >= 11 is 0. The zero-order valence-electron chi connectivity index (χ0n) is 9.35. The van der Waals surface area contributed by atoms with E-state index in [-0.39, 0.29) is 0 Å². The number of hydrogen-bond acceptors (Lipinski definition) is 3. The van der Waals surface area contributed by atoms with Crippen LogP contribution in [-0.4, -0.2) is 16.5 Å². The third-order valence-electron chi connectivity index (χ3n) is 2.29. The van der Waals surface area contributed by atoms with Crippen LogP contribution in [0.4, 0.5) is 5.82 Å². The van der Waals surface area contributed by atoms with Gasteiger partial charge in [0.2, 0.25) is 0 Å². The average molecular weight is 213 g/mol. The Morgan fingerprint density at radius 3 is 2.56 bits per heavy atom. The first kappa shape index (κ1) is 10.6. The molecule has 0 fully saturated rings. The largest absolute Gasteiger partial charge is 0.368 e. The Morgan fingerprint density at radius 1 is 1.06 bits per heavy atom. The Morgan fingerprint density at radius 2 is 1.81 bits per heavy atom. The molecule has 0 bridgehead atoms. The highest BCUT2D eigenvalue weighted by Crippen LogP contribution is 2.22. The topological polar surface area (TPSA) is 37.8 Å². The number of nitrogens with one attached hydrogen (secondary N) is 1. The fourth-order valence-corrected chi connectivity index (χ4v) is 1.52. The van der Waals surface area contributed by atoms with Gasteiger partial charge in [-0.1, -0.05) is 37.3 Å². The minimum atomic E-state index is 0.857. The van der Waals surface area contributed by atoms with Crippen LogP contribution in [0.25, 0.3) is 11.3 Å². The molecule has 0 atom stereocenters. The van der Waals surface area contributed by atoms with Crippen LogP contribution < -0.4 is 5.32 Å². The van der Waals surface area contributed by atoms with Gasteiger partial charge in [-0.2, -0.15) is 0 Å². The second-order valence-electron chi connectivity index (χ2n) is 3.55. The Hall–Kier alpha value is -1.90. The molecule has 0 amide bonds. The molecule has 0 unspecified atom stereocenters. The number of nitrogens with zero attached hydrogens (tertiary/aromatic N) is 2. The van der Waals surface area contributed by atoms with E-state index in [0.29, 0.717) is 0 Å². The van der Waals surface area contributed by atoms with Gasteiger partial charge in [-0.15, -0.1) is 0 Å². The Bertz CT molecular complexity index is 440. The van der Waals surface area contributed by atoms with Crippen molar-refractivity contribution in [2.75, 3.05) is 11.9 Å². The van der Waals surface area contributed by atoms with Crippen LogP contribution in [0.15, 0.2) is 42.7 Å². The van der Waals surface area contributed by atoms with Gasteiger partial charge in [0.05, 0.1) is 0 Å². The van der Waals surface area contributed by atoms with E-state index < -0.39 is 0 Å². The lowest BCUT2D eigenvalue weighted by Crippen LogP contribution is -2.04. The van der Waals surface area contributed by atoms with Crippen molar-refractivity contribution in [3.05, 3.63) is 42.7 Å². The zero-order chi connectivity index (χ0) is 11.2. The van der Waals surface area contributed by atoms with Crippen molar-refractivity contribution in [1.82, 2.24) is 9.97 Å². The zero-order valence-corrected chi connectivity index (χ0v) is 9.35. The summed E-state index contributed by atoms with van der Waals surface area (Å²) in [6.45, 7) is 3.05. The first-order valence-electron chi connectivity index (χ1n) is 5.52. The van der Waals surface area contributed by atoms with Crippen molar-refractivity contribution < 1.29 is 0 Å². The van der Waals surface area contributed by atoms with E-state index in [9.17, 15) is 0 Å². The van der Waals surface area contributed by atoms with E-state index in [1.165, 1.54) is 0 Å². The second-order valence-corrected chi connectivity index (χ2v) is 3.55. The summed E-state index contributed by atoms with van der Waals surface area (Å²) in [5.41, 5.74) is 2.01. The summed E-state index contributed by atoms with van der Waals surface area (Å²) < 4.78 is 0. The van der Waals surface area contributed by atoms with Gasteiger partial charge in [-0.05, 0) is 6.42 Å². The monoisotopic (exact) mass is 213 g/mol. The van der Waals surface area contributed by atoms with Crippen LogP contribution in [0.5, 0.6) is 0 Å². The standard InChI is InChI=1S/C13H15N3/c1-2-8-15-13-12(14-9-10-16-13)11-6-4-3-5-7-11/h3-7,9-10H,2,8H2,1H3,(H,15,16). The van der Waals surface area contributed by atoms with Gasteiger partial charge in [0, 0.05) is 24.5 Å². The molecule has 2 rings (SSSR count). The lowest BCUT2D eigenvalue weighted by molar-refractivity contribution is 0.966. The molecule has 1 N–H and O–H groups in total. The number of hydrogen-bond donors (Lipinski definition) is 1. The van der Waals surface area contributed by atoms with Crippen LogP contribution in [0, 0.1) is 0 Å². The molecule has 3 nitrogen and oxygen atoms in total. The SMILES string of the molecule is CCCNc1nccnc1-c1ccccc1. The molecule has 0 aliphatic rings. The van der Waals surface area contributed by atoms with Crippen molar-refractivity contribution in [3.8, 4) is 11.3 Å². The maximum atomic E-state index is 4.38. The molecule has 1 heterocycles. The normalized spacial score (nSPS) is 10.1. The Kier molecular flexibility index (Phi) is 3.49. The quantitative estimate of drug-likeness (QED) is 0.848. The highest BCUT2D eigenvalue weighted by Gasteiger charge is 2.05. The Labute approximate surface area is 95.6 Å². The third-order valence-corrected chi connectivity index (χ3v) is 2.29. The van der Waals surface area contributed by atoms with Crippen molar-refractivity contribution in [3.63, 3.8) is 0 Å². The molecule has 1 aromatic heterocycles. The summed E-state index contributed by atoms with van der Waals surface area (Å²) in [6, 6.07) is 10.1. The first-order valence-corrected chi connectivity index (χ1v) is 5.52. The van der Waals surface area contributed by atoms with E-state index in [2.05, 4.69) is 22.2 Å². The molecule has 0 saturated carbocycles. The third kappa shape index (κ3) is 2.37. The molecule has 82 valence electrons. The summed E-state index contributed by atoms with van der Waals surface area (Å²) in [4.78, 5) is 8.70. The summed E-state index contributed by atoms with van der Waals surface area (Å²) in [6.07, 6.45) is 4.51. The number of benzene rings is 1. The number of rotatable bonds is 4. The fourth-order valence-electron chi connectivity index (χ4n) is 1.52. The van der Waals surface area contributed by atoms with E-state index in [1.54, 1.807) is 12.4 Å². The molecule has 1 aromatic carbocycles. The smallest absolute Gasteiger partial charge is 0.152 e.